The van der Waals surface area contributed by atoms with E-state index in [4.69, 9.17) is 14.2 Å². The molecule has 0 radical (unpaired) electrons. The average Bonchev–Trinajstić information content (AvgIpc) is 3.27. The maximum Gasteiger partial charge on any atom is 0.231 e. The van der Waals surface area contributed by atoms with Gasteiger partial charge in [0.05, 0.1) is 31.6 Å². The summed E-state index contributed by atoms with van der Waals surface area (Å²) in [6.07, 6.45) is 4.10. The third-order valence-corrected chi connectivity index (χ3v) is 5.57. The van der Waals surface area contributed by atoms with Crippen molar-refractivity contribution in [3.63, 3.8) is 0 Å². The summed E-state index contributed by atoms with van der Waals surface area (Å²) in [7, 11) is 0. The predicted molar refractivity (Wildman–Crippen MR) is 114 cm³/mol. The van der Waals surface area contributed by atoms with Gasteiger partial charge in [0.1, 0.15) is 6.10 Å². The number of amides is 2. The molecule has 3 atom stereocenters. The first-order valence-corrected chi connectivity index (χ1v) is 10.7. The Morgan fingerprint density at radius 2 is 1.97 bits per heavy atom. The van der Waals surface area contributed by atoms with E-state index in [0.717, 1.165) is 11.1 Å². The molecule has 4 rings (SSSR count). The van der Waals surface area contributed by atoms with Crippen LogP contribution in [-0.4, -0.2) is 53.6 Å². The van der Waals surface area contributed by atoms with Crippen molar-refractivity contribution < 1.29 is 28.9 Å². The highest BCUT2D eigenvalue weighted by Gasteiger charge is 2.32. The van der Waals surface area contributed by atoms with Crippen LogP contribution in [-0.2, 0) is 27.3 Å². The van der Waals surface area contributed by atoms with Crippen molar-refractivity contribution >= 4 is 11.8 Å². The number of rotatable bonds is 8. The lowest BCUT2D eigenvalue weighted by Gasteiger charge is -2.36. The van der Waals surface area contributed by atoms with E-state index in [9.17, 15) is 14.7 Å². The number of hydrogen-bond donors (Lipinski definition) is 3. The second-order valence-electron chi connectivity index (χ2n) is 7.94. The number of fused-ring (bicyclic) bond motifs is 1. The third-order valence-electron chi connectivity index (χ3n) is 5.57. The van der Waals surface area contributed by atoms with Crippen molar-refractivity contribution in [2.45, 2.75) is 50.5 Å². The molecule has 0 aliphatic carbocycles. The standard InChI is InChI=1S/C23H27N3O6/c27-13-21-18(26-23(29)9-15-2-1-7-24-11-15)5-4-17(32-21)10-22(28)25-12-16-3-6-19-20(8-16)31-14-30-19/h1-3,6-8,11,17-18,21,27H,4-5,9-10,12-14H2,(H,25,28)(H,26,29)/t17-,18-,21-/m1/s1. The van der Waals surface area contributed by atoms with Gasteiger partial charge in [0.25, 0.3) is 0 Å². The molecule has 170 valence electrons. The number of aromatic nitrogens is 1. The Hall–Kier alpha value is -3.17. The van der Waals surface area contributed by atoms with Crippen LogP contribution in [0.15, 0.2) is 42.7 Å². The van der Waals surface area contributed by atoms with E-state index in [1.165, 1.54) is 0 Å². The van der Waals surface area contributed by atoms with Gasteiger partial charge in [-0.3, -0.25) is 14.6 Å². The smallest absolute Gasteiger partial charge is 0.231 e. The topological polar surface area (TPSA) is 119 Å². The maximum atomic E-state index is 12.4. The Kier molecular flexibility index (Phi) is 7.18. The lowest BCUT2D eigenvalue weighted by molar-refractivity contribution is -0.135. The van der Waals surface area contributed by atoms with Gasteiger partial charge in [0.15, 0.2) is 11.5 Å². The fraction of sp³-hybridized carbons (Fsp3) is 0.435. The highest BCUT2D eigenvalue weighted by molar-refractivity contribution is 5.79. The molecule has 9 nitrogen and oxygen atoms in total. The first-order valence-electron chi connectivity index (χ1n) is 10.7. The summed E-state index contributed by atoms with van der Waals surface area (Å²) in [5.41, 5.74) is 1.73. The van der Waals surface area contributed by atoms with Crippen LogP contribution in [0.2, 0.25) is 0 Å². The van der Waals surface area contributed by atoms with E-state index in [1.807, 2.05) is 24.3 Å². The second-order valence-corrected chi connectivity index (χ2v) is 7.94. The molecule has 1 fully saturated rings. The summed E-state index contributed by atoms with van der Waals surface area (Å²) in [5.74, 6) is 1.09. The number of ether oxygens (including phenoxy) is 3. The minimum absolute atomic E-state index is 0.136. The quantitative estimate of drug-likeness (QED) is 0.561. The third kappa shape index (κ3) is 5.74. The van der Waals surface area contributed by atoms with E-state index in [-0.39, 0.29) is 50.2 Å². The zero-order valence-electron chi connectivity index (χ0n) is 17.7. The average molecular weight is 441 g/mol. The molecule has 2 aromatic rings. The summed E-state index contributed by atoms with van der Waals surface area (Å²) in [4.78, 5) is 28.7. The molecule has 3 heterocycles. The summed E-state index contributed by atoms with van der Waals surface area (Å²) in [5, 5.41) is 15.6. The van der Waals surface area contributed by atoms with Crippen LogP contribution in [0.5, 0.6) is 11.5 Å². The van der Waals surface area contributed by atoms with Gasteiger partial charge in [-0.25, -0.2) is 0 Å². The van der Waals surface area contributed by atoms with Gasteiger partial charge in [-0.05, 0) is 42.2 Å². The molecule has 32 heavy (non-hydrogen) atoms. The summed E-state index contributed by atoms with van der Waals surface area (Å²) >= 11 is 0. The van der Waals surface area contributed by atoms with E-state index in [1.54, 1.807) is 18.5 Å². The molecular weight excluding hydrogens is 414 g/mol. The lowest BCUT2D eigenvalue weighted by Crippen LogP contribution is -2.51. The predicted octanol–water partition coefficient (Wildman–Crippen LogP) is 1.08. The molecule has 0 saturated carbocycles. The first kappa shape index (κ1) is 22.0. The number of aliphatic hydroxyl groups is 1. The highest BCUT2D eigenvalue weighted by atomic mass is 16.7. The second kappa shape index (κ2) is 10.4. The van der Waals surface area contributed by atoms with Gasteiger partial charge >= 0.3 is 0 Å². The lowest BCUT2D eigenvalue weighted by atomic mass is 9.96. The molecule has 1 saturated heterocycles. The van der Waals surface area contributed by atoms with E-state index in [2.05, 4.69) is 15.6 Å². The molecule has 9 heteroatoms. The van der Waals surface area contributed by atoms with Gasteiger partial charge in [0, 0.05) is 18.9 Å². The largest absolute Gasteiger partial charge is 0.454 e. The normalized spacial score (nSPS) is 21.7. The Labute approximate surface area is 186 Å². The molecule has 2 amide bonds. The molecule has 0 bridgehead atoms. The van der Waals surface area contributed by atoms with Crippen LogP contribution in [0, 0.1) is 0 Å². The number of carbonyl (C=O) groups excluding carboxylic acids is 2. The summed E-state index contributed by atoms with van der Waals surface area (Å²) < 4.78 is 16.5. The number of benzene rings is 1. The summed E-state index contributed by atoms with van der Waals surface area (Å²) in [6.45, 7) is 0.354. The molecule has 3 N–H and O–H groups in total. The Bertz CT molecular complexity index is 939. The number of carbonyl (C=O) groups is 2. The number of nitrogens with zero attached hydrogens (tertiary/aromatic N) is 1. The van der Waals surface area contributed by atoms with Crippen molar-refractivity contribution in [3.05, 3.63) is 53.9 Å². The van der Waals surface area contributed by atoms with Crippen molar-refractivity contribution in [3.8, 4) is 11.5 Å². The Balaban J connectivity index is 1.22. The minimum atomic E-state index is -0.548. The number of pyridine rings is 1. The number of aliphatic hydroxyl groups excluding tert-OH is 1. The van der Waals surface area contributed by atoms with Gasteiger partial charge in [0.2, 0.25) is 18.6 Å². The first-order chi connectivity index (χ1) is 15.6. The SMILES string of the molecule is O=C(C[C@H]1CC[C@@H](NC(=O)Cc2cccnc2)[C@@H](CO)O1)NCc1ccc2c(c1)OCO2. The van der Waals surface area contributed by atoms with Crippen LogP contribution in [0.3, 0.4) is 0 Å². The Morgan fingerprint density at radius 3 is 2.78 bits per heavy atom. The van der Waals surface area contributed by atoms with Crippen LogP contribution < -0.4 is 20.1 Å². The van der Waals surface area contributed by atoms with Gasteiger partial charge in [-0.2, -0.15) is 0 Å². The zero-order chi connectivity index (χ0) is 22.3. The van der Waals surface area contributed by atoms with Crippen LogP contribution in [0.4, 0.5) is 0 Å². The fourth-order valence-electron chi connectivity index (χ4n) is 3.92. The monoisotopic (exact) mass is 441 g/mol. The highest BCUT2D eigenvalue weighted by Crippen LogP contribution is 2.32. The van der Waals surface area contributed by atoms with Gasteiger partial charge in [-0.15, -0.1) is 0 Å². The van der Waals surface area contributed by atoms with Gasteiger partial charge in [-0.1, -0.05) is 12.1 Å². The maximum absolute atomic E-state index is 12.4. The van der Waals surface area contributed by atoms with Crippen LogP contribution in [0.25, 0.3) is 0 Å². The van der Waals surface area contributed by atoms with Crippen molar-refractivity contribution in [1.82, 2.24) is 15.6 Å². The van der Waals surface area contributed by atoms with E-state index >= 15 is 0 Å². The van der Waals surface area contributed by atoms with Crippen LogP contribution >= 0.6 is 0 Å². The van der Waals surface area contributed by atoms with E-state index < -0.39 is 6.10 Å². The molecular formula is C23H27N3O6. The number of hydrogen-bond acceptors (Lipinski definition) is 7. The summed E-state index contributed by atoms with van der Waals surface area (Å²) in [6, 6.07) is 8.88. The molecule has 0 unspecified atom stereocenters. The molecule has 2 aliphatic rings. The molecule has 2 aliphatic heterocycles. The zero-order valence-corrected chi connectivity index (χ0v) is 17.7. The molecule has 1 aromatic carbocycles. The minimum Gasteiger partial charge on any atom is -0.454 e. The Morgan fingerprint density at radius 1 is 1.09 bits per heavy atom. The molecule has 0 spiro atoms. The van der Waals surface area contributed by atoms with Crippen molar-refractivity contribution in [2.24, 2.45) is 0 Å². The number of nitrogens with one attached hydrogen (secondary N) is 2. The van der Waals surface area contributed by atoms with Gasteiger partial charge < -0.3 is 30.0 Å². The fourth-order valence-corrected chi connectivity index (χ4v) is 3.92. The van der Waals surface area contributed by atoms with Crippen molar-refractivity contribution in [2.75, 3.05) is 13.4 Å². The molecule has 1 aromatic heterocycles. The van der Waals surface area contributed by atoms with Crippen molar-refractivity contribution in [1.29, 1.82) is 0 Å². The van der Waals surface area contributed by atoms with Crippen LogP contribution in [0.1, 0.15) is 30.4 Å². The van der Waals surface area contributed by atoms with E-state index in [0.29, 0.717) is 30.9 Å².